The Hall–Kier alpha value is -3.32. The van der Waals surface area contributed by atoms with Gasteiger partial charge in [0, 0.05) is 5.41 Å². The third-order valence-corrected chi connectivity index (χ3v) is 6.40. The minimum atomic E-state index is -0.774. The fourth-order valence-electron chi connectivity index (χ4n) is 3.21. The number of hydroxylamine groups is 2. The molecule has 0 aliphatic carbocycles. The summed E-state index contributed by atoms with van der Waals surface area (Å²) in [6.07, 6.45) is 0. The van der Waals surface area contributed by atoms with E-state index < -0.39 is 23.2 Å². The molecular formula is C22H18N2O4S. The molecular weight excluding hydrogens is 388 g/mol. The molecule has 0 fully saturated rings. The predicted molar refractivity (Wildman–Crippen MR) is 108 cm³/mol. The Labute approximate surface area is 171 Å². The Morgan fingerprint density at radius 1 is 0.966 bits per heavy atom. The van der Waals surface area contributed by atoms with E-state index in [9.17, 15) is 14.4 Å². The fraction of sp³-hybridized carbons (Fsp3) is 0.182. The summed E-state index contributed by atoms with van der Waals surface area (Å²) < 4.78 is 0. The first kappa shape index (κ1) is 19.0. The van der Waals surface area contributed by atoms with E-state index in [0.29, 0.717) is 10.8 Å². The first-order valence-electron chi connectivity index (χ1n) is 9.04. The van der Waals surface area contributed by atoms with E-state index in [1.54, 1.807) is 19.1 Å². The molecule has 1 aliphatic rings. The first-order valence-corrected chi connectivity index (χ1v) is 9.86. The largest absolute Gasteiger partial charge is 0.375 e. The van der Waals surface area contributed by atoms with Gasteiger partial charge in [0.2, 0.25) is 0 Å². The second-order valence-corrected chi connectivity index (χ2v) is 8.25. The Kier molecular flexibility index (Phi) is 4.55. The highest BCUT2D eigenvalue weighted by atomic mass is 32.1. The topological polar surface area (TPSA) is 76.6 Å². The lowest BCUT2D eigenvalue weighted by molar-refractivity contribution is -0.0581. The van der Waals surface area contributed by atoms with Crippen LogP contribution in [0, 0.1) is 6.92 Å². The van der Waals surface area contributed by atoms with Gasteiger partial charge in [0.25, 0.3) is 11.8 Å². The quantitative estimate of drug-likeness (QED) is 0.609. The minimum Gasteiger partial charge on any atom is -0.323 e. The summed E-state index contributed by atoms with van der Waals surface area (Å²) in [5.41, 5.74) is 1.59. The molecule has 0 atom stereocenters. The molecule has 6 nitrogen and oxygen atoms in total. The van der Waals surface area contributed by atoms with E-state index in [0.717, 1.165) is 10.6 Å². The zero-order valence-corrected chi connectivity index (χ0v) is 16.9. The van der Waals surface area contributed by atoms with Gasteiger partial charge < -0.3 is 4.84 Å². The van der Waals surface area contributed by atoms with Crippen LogP contribution in [0.1, 0.15) is 60.5 Å². The molecule has 0 saturated carbocycles. The Morgan fingerprint density at radius 2 is 1.52 bits per heavy atom. The van der Waals surface area contributed by atoms with Crippen LogP contribution in [0.25, 0.3) is 0 Å². The number of carbonyl (C=O) groups excluding carboxylic acids is 3. The standard InChI is InChI=1S/C22H18N2O4S/c1-13-17(29-21(23-13)22(2,3)14-9-5-4-6-10-14)20(27)28-24-18(25)15-11-7-8-12-16(15)19(24)26/h4-12H,1-3H3. The van der Waals surface area contributed by atoms with Gasteiger partial charge in [0.15, 0.2) is 0 Å². The van der Waals surface area contributed by atoms with Crippen molar-refractivity contribution in [2.24, 2.45) is 0 Å². The Morgan fingerprint density at radius 3 is 2.10 bits per heavy atom. The summed E-state index contributed by atoms with van der Waals surface area (Å²) in [5.74, 6) is -2.07. The molecule has 3 aromatic rings. The highest BCUT2D eigenvalue weighted by Crippen LogP contribution is 2.36. The van der Waals surface area contributed by atoms with Gasteiger partial charge in [0.05, 0.1) is 16.8 Å². The summed E-state index contributed by atoms with van der Waals surface area (Å²) in [6.45, 7) is 5.76. The maximum atomic E-state index is 12.7. The number of fused-ring (bicyclic) bond motifs is 1. The summed E-state index contributed by atoms with van der Waals surface area (Å²) in [5, 5.41) is 1.27. The zero-order valence-electron chi connectivity index (χ0n) is 16.1. The number of hydrogen-bond donors (Lipinski definition) is 0. The number of amides is 2. The maximum absolute atomic E-state index is 12.7. The van der Waals surface area contributed by atoms with Crippen LogP contribution < -0.4 is 0 Å². The van der Waals surface area contributed by atoms with E-state index in [1.165, 1.54) is 23.5 Å². The smallest absolute Gasteiger partial charge is 0.323 e. The van der Waals surface area contributed by atoms with Crippen molar-refractivity contribution in [1.29, 1.82) is 0 Å². The molecule has 2 amide bonds. The summed E-state index contributed by atoms with van der Waals surface area (Å²) in [6, 6.07) is 16.2. The summed E-state index contributed by atoms with van der Waals surface area (Å²) >= 11 is 1.20. The predicted octanol–water partition coefficient (Wildman–Crippen LogP) is 4.15. The Balaban J connectivity index is 1.60. The van der Waals surface area contributed by atoms with Gasteiger partial charge in [-0.1, -0.05) is 47.5 Å². The van der Waals surface area contributed by atoms with Gasteiger partial charge in [-0.2, -0.15) is 0 Å². The molecule has 1 aliphatic heterocycles. The molecule has 1 aromatic heterocycles. The van der Waals surface area contributed by atoms with Gasteiger partial charge in [-0.3, -0.25) is 9.59 Å². The molecule has 0 saturated heterocycles. The maximum Gasteiger partial charge on any atom is 0.375 e. The number of aryl methyl sites for hydroxylation is 1. The van der Waals surface area contributed by atoms with Crippen molar-refractivity contribution in [2.75, 3.05) is 0 Å². The highest BCUT2D eigenvalue weighted by Gasteiger charge is 2.39. The van der Waals surface area contributed by atoms with Crippen molar-refractivity contribution in [2.45, 2.75) is 26.2 Å². The second kappa shape index (κ2) is 6.93. The summed E-state index contributed by atoms with van der Waals surface area (Å²) in [7, 11) is 0. The third kappa shape index (κ3) is 3.13. The van der Waals surface area contributed by atoms with E-state index in [4.69, 9.17) is 4.84 Å². The van der Waals surface area contributed by atoms with Crippen LogP contribution in [-0.2, 0) is 10.3 Å². The fourth-order valence-corrected chi connectivity index (χ4v) is 4.27. The molecule has 0 spiro atoms. The number of nitrogens with zero attached hydrogens (tertiary/aromatic N) is 2. The van der Waals surface area contributed by atoms with Crippen LogP contribution in [0.3, 0.4) is 0 Å². The van der Waals surface area contributed by atoms with Gasteiger partial charge >= 0.3 is 5.97 Å². The number of carbonyl (C=O) groups is 3. The lowest BCUT2D eigenvalue weighted by Gasteiger charge is -2.22. The molecule has 0 radical (unpaired) electrons. The molecule has 29 heavy (non-hydrogen) atoms. The van der Waals surface area contributed by atoms with Crippen LogP contribution in [0.15, 0.2) is 54.6 Å². The number of rotatable bonds is 4. The normalized spacial score (nSPS) is 13.6. The van der Waals surface area contributed by atoms with Crippen molar-refractivity contribution in [1.82, 2.24) is 10.0 Å². The van der Waals surface area contributed by atoms with E-state index in [2.05, 4.69) is 4.98 Å². The average molecular weight is 406 g/mol. The second-order valence-electron chi connectivity index (χ2n) is 7.25. The van der Waals surface area contributed by atoms with E-state index in [1.807, 2.05) is 44.2 Å². The number of thiazole rings is 1. The molecule has 2 heterocycles. The van der Waals surface area contributed by atoms with Crippen LogP contribution in [-0.4, -0.2) is 27.8 Å². The monoisotopic (exact) mass is 406 g/mol. The summed E-state index contributed by atoms with van der Waals surface area (Å²) in [4.78, 5) is 47.6. The number of aromatic nitrogens is 1. The van der Waals surface area contributed by atoms with Crippen LogP contribution in [0.5, 0.6) is 0 Å². The zero-order chi connectivity index (χ0) is 20.8. The van der Waals surface area contributed by atoms with E-state index >= 15 is 0 Å². The van der Waals surface area contributed by atoms with Crippen molar-refractivity contribution < 1.29 is 19.2 Å². The van der Waals surface area contributed by atoms with Crippen LogP contribution in [0.2, 0.25) is 0 Å². The molecule has 4 rings (SSSR count). The van der Waals surface area contributed by atoms with Crippen LogP contribution in [0.4, 0.5) is 0 Å². The Bertz CT molecular complexity index is 1100. The molecule has 2 aromatic carbocycles. The van der Waals surface area contributed by atoms with Gasteiger partial charge in [-0.15, -0.1) is 11.3 Å². The number of hydrogen-bond acceptors (Lipinski definition) is 6. The van der Waals surface area contributed by atoms with Gasteiger partial charge in [-0.05, 0) is 38.5 Å². The highest BCUT2D eigenvalue weighted by molar-refractivity contribution is 7.13. The number of benzene rings is 2. The molecule has 7 heteroatoms. The lowest BCUT2D eigenvalue weighted by atomic mass is 9.85. The van der Waals surface area contributed by atoms with Crippen LogP contribution >= 0.6 is 11.3 Å². The molecule has 0 unspecified atom stereocenters. The molecule has 0 bridgehead atoms. The van der Waals surface area contributed by atoms with E-state index in [-0.39, 0.29) is 16.0 Å². The van der Waals surface area contributed by atoms with Gasteiger partial charge in [-0.25, -0.2) is 9.78 Å². The third-order valence-electron chi connectivity index (χ3n) is 4.94. The molecule has 146 valence electrons. The van der Waals surface area contributed by atoms with Crippen molar-refractivity contribution in [3.8, 4) is 0 Å². The average Bonchev–Trinajstić information content (AvgIpc) is 3.23. The lowest BCUT2D eigenvalue weighted by Crippen LogP contribution is -2.32. The molecule has 0 N–H and O–H groups in total. The van der Waals surface area contributed by atoms with Gasteiger partial charge in [0.1, 0.15) is 9.88 Å². The first-order chi connectivity index (χ1) is 13.8. The minimum absolute atomic E-state index is 0.220. The SMILES string of the molecule is Cc1nc(C(C)(C)c2ccccc2)sc1C(=O)ON1C(=O)c2ccccc2C1=O. The van der Waals surface area contributed by atoms with Crippen molar-refractivity contribution >= 4 is 29.1 Å². The number of imide groups is 1. The van der Waals surface area contributed by atoms with Crippen molar-refractivity contribution in [3.63, 3.8) is 0 Å². The van der Waals surface area contributed by atoms with Crippen molar-refractivity contribution in [3.05, 3.63) is 86.9 Å².